The van der Waals surface area contributed by atoms with Crippen LogP contribution in [0.25, 0.3) is 0 Å². The standard InChI is InChI=1S/C12H9ClFN3OS/c13-11-8(5-15)12(19-17-11)16-6-10(18)7-3-1-2-4-9(7)14/h1-4,10,16,18H,6H2. The smallest absolute Gasteiger partial charge is 0.162 e. The van der Waals surface area contributed by atoms with Crippen molar-refractivity contribution in [3.8, 4) is 6.07 Å². The molecule has 7 heteroatoms. The number of aromatic nitrogens is 1. The van der Waals surface area contributed by atoms with Crippen molar-refractivity contribution in [2.24, 2.45) is 0 Å². The van der Waals surface area contributed by atoms with Gasteiger partial charge in [0.15, 0.2) is 5.15 Å². The van der Waals surface area contributed by atoms with Gasteiger partial charge in [-0.05, 0) is 17.6 Å². The first-order valence-electron chi connectivity index (χ1n) is 5.35. The topological polar surface area (TPSA) is 68.9 Å². The van der Waals surface area contributed by atoms with E-state index in [1.54, 1.807) is 12.1 Å². The number of aliphatic hydroxyl groups excluding tert-OH is 1. The van der Waals surface area contributed by atoms with Crippen LogP contribution in [-0.4, -0.2) is 16.0 Å². The molecule has 1 atom stereocenters. The maximum absolute atomic E-state index is 13.4. The normalized spacial score (nSPS) is 11.9. The molecule has 0 fully saturated rings. The number of anilines is 1. The summed E-state index contributed by atoms with van der Waals surface area (Å²) >= 11 is 6.74. The van der Waals surface area contributed by atoms with Crippen LogP contribution in [0.1, 0.15) is 17.2 Å². The van der Waals surface area contributed by atoms with Gasteiger partial charge >= 0.3 is 0 Å². The summed E-state index contributed by atoms with van der Waals surface area (Å²) in [5, 5.41) is 22.2. The van der Waals surface area contributed by atoms with E-state index in [1.165, 1.54) is 12.1 Å². The minimum Gasteiger partial charge on any atom is -0.386 e. The fourth-order valence-electron chi connectivity index (χ4n) is 1.53. The van der Waals surface area contributed by atoms with E-state index >= 15 is 0 Å². The van der Waals surface area contributed by atoms with Crippen molar-refractivity contribution in [1.29, 1.82) is 5.26 Å². The summed E-state index contributed by atoms with van der Waals surface area (Å²) in [7, 11) is 0. The Kier molecular flexibility index (Phi) is 4.32. The monoisotopic (exact) mass is 297 g/mol. The molecule has 1 aromatic carbocycles. The molecule has 4 nitrogen and oxygen atoms in total. The van der Waals surface area contributed by atoms with E-state index in [1.807, 2.05) is 6.07 Å². The number of hydrogen-bond acceptors (Lipinski definition) is 5. The molecule has 19 heavy (non-hydrogen) atoms. The van der Waals surface area contributed by atoms with Gasteiger partial charge in [-0.15, -0.1) is 0 Å². The Morgan fingerprint density at radius 3 is 2.95 bits per heavy atom. The molecule has 0 saturated carbocycles. The first kappa shape index (κ1) is 13.7. The van der Waals surface area contributed by atoms with E-state index in [-0.39, 0.29) is 22.8 Å². The SMILES string of the molecule is N#Cc1c(Cl)nsc1NCC(O)c1ccccc1F. The molecule has 0 aliphatic carbocycles. The van der Waals surface area contributed by atoms with Crippen molar-refractivity contribution in [3.63, 3.8) is 0 Å². The predicted octanol–water partition coefficient (Wildman–Crippen LogP) is 2.95. The van der Waals surface area contributed by atoms with Gasteiger partial charge in [0, 0.05) is 12.1 Å². The van der Waals surface area contributed by atoms with Crippen LogP contribution in [-0.2, 0) is 0 Å². The first-order valence-corrected chi connectivity index (χ1v) is 6.50. The summed E-state index contributed by atoms with van der Waals surface area (Å²) in [5.41, 5.74) is 0.427. The highest BCUT2D eigenvalue weighted by atomic mass is 35.5. The van der Waals surface area contributed by atoms with E-state index in [2.05, 4.69) is 9.69 Å². The molecule has 2 aromatic rings. The molecule has 0 saturated heterocycles. The van der Waals surface area contributed by atoms with Crippen molar-refractivity contribution in [2.45, 2.75) is 6.10 Å². The van der Waals surface area contributed by atoms with Crippen LogP contribution in [0.5, 0.6) is 0 Å². The summed E-state index contributed by atoms with van der Waals surface area (Å²) in [6.07, 6.45) is -1.02. The third-order valence-corrected chi connectivity index (χ3v) is 3.66. The fraction of sp³-hybridized carbons (Fsp3) is 0.167. The van der Waals surface area contributed by atoms with Crippen molar-refractivity contribution < 1.29 is 9.50 Å². The Balaban J connectivity index is 2.07. The number of benzene rings is 1. The highest BCUT2D eigenvalue weighted by Crippen LogP contribution is 2.28. The Morgan fingerprint density at radius 1 is 1.53 bits per heavy atom. The van der Waals surface area contributed by atoms with Crippen molar-refractivity contribution in [1.82, 2.24) is 4.37 Å². The van der Waals surface area contributed by atoms with Crippen LogP contribution >= 0.6 is 23.1 Å². The second-order valence-electron chi connectivity index (χ2n) is 3.71. The largest absolute Gasteiger partial charge is 0.386 e. The molecule has 98 valence electrons. The second kappa shape index (κ2) is 5.97. The average molecular weight is 298 g/mol. The van der Waals surface area contributed by atoms with Crippen LogP contribution in [0.2, 0.25) is 5.15 Å². The Hall–Kier alpha value is -1.68. The number of halogens is 2. The molecule has 0 radical (unpaired) electrons. The third-order valence-electron chi connectivity index (χ3n) is 2.48. The van der Waals surface area contributed by atoms with E-state index in [0.29, 0.717) is 5.00 Å². The molecule has 2 N–H and O–H groups in total. The number of nitrogens with one attached hydrogen (secondary N) is 1. The van der Waals surface area contributed by atoms with Crippen LogP contribution in [0.4, 0.5) is 9.39 Å². The average Bonchev–Trinajstić information content (AvgIpc) is 2.77. The van der Waals surface area contributed by atoms with Crippen molar-refractivity contribution in [2.75, 3.05) is 11.9 Å². The van der Waals surface area contributed by atoms with Gasteiger partial charge in [-0.1, -0.05) is 29.8 Å². The van der Waals surface area contributed by atoms with Gasteiger partial charge < -0.3 is 10.4 Å². The third kappa shape index (κ3) is 3.01. The first-order chi connectivity index (χ1) is 9.13. The zero-order valence-corrected chi connectivity index (χ0v) is 11.2. The molecular formula is C12H9ClFN3OS. The number of hydrogen-bond donors (Lipinski definition) is 2. The van der Waals surface area contributed by atoms with Gasteiger partial charge in [0.25, 0.3) is 0 Å². The Labute approximate surface area is 118 Å². The van der Waals surface area contributed by atoms with E-state index < -0.39 is 11.9 Å². The highest BCUT2D eigenvalue weighted by molar-refractivity contribution is 7.10. The molecule has 2 rings (SSSR count). The lowest BCUT2D eigenvalue weighted by molar-refractivity contribution is 0.186. The van der Waals surface area contributed by atoms with Gasteiger partial charge in [-0.3, -0.25) is 0 Å². The van der Waals surface area contributed by atoms with E-state index in [4.69, 9.17) is 16.9 Å². The second-order valence-corrected chi connectivity index (χ2v) is 4.84. The van der Waals surface area contributed by atoms with Gasteiger partial charge in [-0.25, -0.2) is 4.39 Å². The molecule has 0 bridgehead atoms. The highest BCUT2D eigenvalue weighted by Gasteiger charge is 2.15. The number of aliphatic hydroxyl groups is 1. The summed E-state index contributed by atoms with van der Waals surface area (Å²) < 4.78 is 17.3. The molecule has 1 heterocycles. The van der Waals surface area contributed by atoms with Crippen LogP contribution < -0.4 is 5.32 Å². The van der Waals surface area contributed by atoms with Gasteiger partial charge in [0.2, 0.25) is 0 Å². The van der Waals surface area contributed by atoms with Crippen LogP contribution in [0.15, 0.2) is 24.3 Å². The predicted molar refractivity (Wildman–Crippen MR) is 71.7 cm³/mol. The lowest BCUT2D eigenvalue weighted by Crippen LogP contribution is -2.13. The number of rotatable bonds is 4. The molecule has 0 aliphatic rings. The summed E-state index contributed by atoms with van der Waals surface area (Å²) in [6, 6.07) is 7.90. The fourth-order valence-corrected chi connectivity index (χ4v) is 2.47. The summed E-state index contributed by atoms with van der Waals surface area (Å²) in [4.78, 5) is 0. The molecule has 0 amide bonds. The molecule has 1 aromatic heterocycles. The van der Waals surface area contributed by atoms with Crippen molar-refractivity contribution >= 4 is 28.1 Å². The molecule has 0 aliphatic heterocycles. The number of nitriles is 1. The van der Waals surface area contributed by atoms with Gasteiger partial charge in [0.1, 0.15) is 22.5 Å². The minimum atomic E-state index is -1.02. The maximum atomic E-state index is 13.4. The Bertz CT molecular complexity index is 626. The van der Waals surface area contributed by atoms with Crippen LogP contribution in [0.3, 0.4) is 0 Å². The molecular weight excluding hydrogens is 289 g/mol. The van der Waals surface area contributed by atoms with Gasteiger partial charge in [-0.2, -0.15) is 9.64 Å². The Morgan fingerprint density at radius 2 is 2.26 bits per heavy atom. The lowest BCUT2D eigenvalue weighted by atomic mass is 10.1. The minimum absolute atomic E-state index is 0.0636. The van der Waals surface area contributed by atoms with E-state index in [0.717, 1.165) is 11.5 Å². The van der Waals surface area contributed by atoms with E-state index in [9.17, 15) is 9.50 Å². The zero-order valence-electron chi connectivity index (χ0n) is 9.60. The summed E-state index contributed by atoms with van der Waals surface area (Å²) in [5.74, 6) is -0.473. The zero-order chi connectivity index (χ0) is 13.8. The molecule has 0 spiro atoms. The van der Waals surface area contributed by atoms with Gasteiger partial charge in [0.05, 0.1) is 6.10 Å². The lowest BCUT2D eigenvalue weighted by Gasteiger charge is -2.12. The van der Waals surface area contributed by atoms with Crippen LogP contribution in [0, 0.1) is 17.1 Å². The maximum Gasteiger partial charge on any atom is 0.162 e. The quantitative estimate of drug-likeness (QED) is 0.910. The summed E-state index contributed by atoms with van der Waals surface area (Å²) in [6.45, 7) is 0.0636. The number of nitrogens with zero attached hydrogens (tertiary/aromatic N) is 2. The van der Waals surface area contributed by atoms with Crippen molar-refractivity contribution in [3.05, 3.63) is 46.4 Å². The molecule has 1 unspecified atom stereocenters.